The number of pyridine rings is 1. The average molecular weight is 359 g/mol. The first-order chi connectivity index (χ1) is 12.1. The van der Waals surface area contributed by atoms with Gasteiger partial charge in [0, 0.05) is 38.6 Å². The molecule has 1 saturated heterocycles. The molecule has 1 aromatic carbocycles. The topological polar surface area (TPSA) is 70.6 Å². The van der Waals surface area contributed by atoms with Crippen molar-refractivity contribution in [2.45, 2.75) is 17.7 Å². The average Bonchev–Trinajstić information content (AvgIpc) is 2.90. The monoisotopic (exact) mass is 359 g/mol. The lowest BCUT2D eigenvalue weighted by Gasteiger charge is -2.22. The van der Waals surface area contributed by atoms with Crippen molar-refractivity contribution < 1.29 is 13.2 Å². The Labute approximate surface area is 148 Å². The highest BCUT2D eigenvalue weighted by Gasteiger charge is 2.28. The van der Waals surface area contributed by atoms with Crippen molar-refractivity contribution in [3.05, 3.63) is 60.4 Å². The summed E-state index contributed by atoms with van der Waals surface area (Å²) in [5, 5.41) is 0. The number of hydrogen-bond donors (Lipinski definition) is 0. The first kappa shape index (κ1) is 17.6. The summed E-state index contributed by atoms with van der Waals surface area (Å²) in [6.07, 6.45) is 4.28. The molecule has 1 aliphatic rings. The number of rotatable bonds is 4. The van der Waals surface area contributed by atoms with Gasteiger partial charge in [-0.05, 0) is 30.2 Å². The van der Waals surface area contributed by atoms with Gasteiger partial charge in [-0.1, -0.05) is 24.3 Å². The fraction of sp³-hybridized carbons (Fsp3) is 0.333. The summed E-state index contributed by atoms with van der Waals surface area (Å²) in [6, 6.07) is 12.1. The van der Waals surface area contributed by atoms with Gasteiger partial charge < -0.3 is 4.90 Å². The van der Waals surface area contributed by atoms with Crippen LogP contribution in [-0.4, -0.2) is 54.7 Å². The number of carbonyl (C=O) groups excluding carboxylic acids is 1. The van der Waals surface area contributed by atoms with E-state index in [2.05, 4.69) is 4.98 Å². The maximum absolute atomic E-state index is 12.7. The molecular weight excluding hydrogens is 338 g/mol. The van der Waals surface area contributed by atoms with Crippen LogP contribution in [0.1, 0.15) is 12.0 Å². The summed E-state index contributed by atoms with van der Waals surface area (Å²) >= 11 is 0. The van der Waals surface area contributed by atoms with E-state index in [1.165, 1.54) is 4.31 Å². The molecule has 1 aromatic heterocycles. The minimum absolute atomic E-state index is 0.00644. The Morgan fingerprint density at radius 3 is 2.52 bits per heavy atom. The molecule has 2 aromatic rings. The van der Waals surface area contributed by atoms with Gasteiger partial charge in [0.15, 0.2) is 0 Å². The fourth-order valence-electron chi connectivity index (χ4n) is 2.91. The third-order valence-corrected chi connectivity index (χ3v) is 6.18. The molecule has 3 rings (SSSR count). The molecule has 25 heavy (non-hydrogen) atoms. The largest absolute Gasteiger partial charge is 0.341 e. The second-order valence-electron chi connectivity index (χ2n) is 5.99. The van der Waals surface area contributed by atoms with Crippen LogP contribution in [0.15, 0.2) is 59.8 Å². The zero-order valence-electron chi connectivity index (χ0n) is 13.9. The van der Waals surface area contributed by atoms with Crippen LogP contribution in [0.4, 0.5) is 0 Å². The van der Waals surface area contributed by atoms with Crippen molar-refractivity contribution in [2.75, 3.05) is 26.2 Å². The van der Waals surface area contributed by atoms with Crippen LogP contribution < -0.4 is 0 Å². The molecule has 1 amide bonds. The van der Waals surface area contributed by atoms with Crippen LogP contribution in [0, 0.1) is 0 Å². The van der Waals surface area contributed by atoms with Crippen LogP contribution in [0.3, 0.4) is 0 Å². The van der Waals surface area contributed by atoms with E-state index in [1.54, 1.807) is 53.7 Å². The van der Waals surface area contributed by atoms with Crippen molar-refractivity contribution in [3.8, 4) is 0 Å². The summed E-state index contributed by atoms with van der Waals surface area (Å²) in [7, 11) is -3.51. The Kier molecular flexibility index (Phi) is 5.45. The van der Waals surface area contributed by atoms with Crippen LogP contribution in [0.5, 0.6) is 0 Å². The number of amides is 1. The minimum Gasteiger partial charge on any atom is -0.341 e. The van der Waals surface area contributed by atoms with E-state index in [0.29, 0.717) is 43.9 Å². The van der Waals surface area contributed by atoms with Gasteiger partial charge in [-0.25, -0.2) is 8.42 Å². The maximum Gasteiger partial charge on any atom is 0.243 e. The quantitative estimate of drug-likeness (QED) is 0.830. The van der Waals surface area contributed by atoms with Gasteiger partial charge in [-0.15, -0.1) is 0 Å². The molecule has 7 heteroatoms. The summed E-state index contributed by atoms with van der Waals surface area (Å²) in [5.41, 5.74) is 0.866. The second kappa shape index (κ2) is 7.76. The summed E-state index contributed by atoms with van der Waals surface area (Å²) in [5.74, 6) is 0.00644. The predicted molar refractivity (Wildman–Crippen MR) is 94.3 cm³/mol. The van der Waals surface area contributed by atoms with Gasteiger partial charge in [0.1, 0.15) is 0 Å². The van der Waals surface area contributed by atoms with Crippen molar-refractivity contribution >= 4 is 15.9 Å². The highest BCUT2D eigenvalue weighted by Crippen LogP contribution is 2.17. The Morgan fingerprint density at radius 1 is 1.00 bits per heavy atom. The smallest absolute Gasteiger partial charge is 0.243 e. The van der Waals surface area contributed by atoms with Crippen LogP contribution in [0.25, 0.3) is 0 Å². The lowest BCUT2D eigenvalue weighted by atomic mass is 10.2. The van der Waals surface area contributed by atoms with Gasteiger partial charge in [0.05, 0.1) is 11.3 Å². The van der Waals surface area contributed by atoms with Crippen molar-refractivity contribution in [1.82, 2.24) is 14.2 Å². The molecule has 1 aliphatic heterocycles. The van der Waals surface area contributed by atoms with Crippen LogP contribution >= 0.6 is 0 Å². The van der Waals surface area contributed by atoms with Gasteiger partial charge >= 0.3 is 0 Å². The van der Waals surface area contributed by atoms with Crippen molar-refractivity contribution in [2.24, 2.45) is 0 Å². The molecule has 0 aliphatic carbocycles. The molecule has 0 radical (unpaired) electrons. The number of aromatic nitrogens is 1. The Bertz CT molecular complexity index is 810. The molecule has 0 spiro atoms. The normalized spacial score (nSPS) is 16.4. The van der Waals surface area contributed by atoms with E-state index in [9.17, 15) is 13.2 Å². The van der Waals surface area contributed by atoms with E-state index in [4.69, 9.17) is 0 Å². The lowest BCUT2D eigenvalue weighted by Crippen LogP contribution is -2.38. The van der Waals surface area contributed by atoms with E-state index in [0.717, 1.165) is 5.56 Å². The SMILES string of the molecule is O=C(Cc1cccnc1)N1CCCN(S(=O)(=O)c2ccccc2)CC1. The van der Waals surface area contributed by atoms with Crippen LogP contribution in [0.2, 0.25) is 0 Å². The maximum atomic E-state index is 12.7. The number of carbonyl (C=O) groups is 1. The number of hydrogen-bond acceptors (Lipinski definition) is 4. The summed E-state index contributed by atoms with van der Waals surface area (Å²) < 4.78 is 26.9. The number of sulfonamides is 1. The molecule has 2 heterocycles. The van der Waals surface area contributed by atoms with E-state index >= 15 is 0 Å². The molecule has 132 valence electrons. The molecule has 1 fully saturated rings. The molecular formula is C18H21N3O3S. The van der Waals surface area contributed by atoms with E-state index < -0.39 is 10.0 Å². The fourth-order valence-corrected chi connectivity index (χ4v) is 4.40. The van der Waals surface area contributed by atoms with Gasteiger partial charge in [0.25, 0.3) is 0 Å². The standard InChI is InChI=1S/C18H21N3O3S/c22-18(14-16-6-4-9-19-15-16)20-10-5-11-21(13-12-20)25(23,24)17-7-2-1-3-8-17/h1-4,6-9,15H,5,10-14H2. The Morgan fingerprint density at radius 2 is 1.80 bits per heavy atom. The van der Waals surface area contributed by atoms with Crippen molar-refractivity contribution in [1.29, 1.82) is 0 Å². The lowest BCUT2D eigenvalue weighted by molar-refractivity contribution is -0.130. The molecule has 0 saturated carbocycles. The number of benzene rings is 1. The zero-order chi connectivity index (χ0) is 17.7. The van der Waals surface area contributed by atoms with Crippen LogP contribution in [-0.2, 0) is 21.2 Å². The first-order valence-electron chi connectivity index (χ1n) is 8.29. The van der Waals surface area contributed by atoms with Gasteiger partial charge in [-0.2, -0.15) is 4.31 Å². The summed E-state index contributed by atoms with van der Waals surface area (Å²) in [6.45, 7) is 1.72. The zero-order valence-corrected chi connectivity index (χ0v) is 14.7. The molecule has 0 bridgehead atoms. The molecule has 6 nitrogen and oxygen atoms in total. The van der Waals surface area contributed by atoms with Gasteiger partial charge in [-0.3, -0.25) is 9.78 Å². The highest BCUT2D eigenvalue weighted by molar-refractivity contribution is 7.89. The molecule has 0 unspecified atom stereocenters. The number of nitrogens with zero attached hydrogens (tertiary/aromatic N) is 3. The third-order valence-electron chi connectivity index (χ3n) is 4.27. The predicted octanol–water partition coefficient (Wildman–Crippen LogP) is 1.55. The highest BCUT2D eigenvalue weighted by atomic mass is 32.2. The van der Waals surface area contributed by atoms with Crippen molar-refractivity contribution in [3.63, 3.8) is 0 Å². The molecule has 0 N–H and O–H groups in total. The summed E-state index contributed by atoms with van der Waals surface area (Å²) in [4.78, 5) is 18.5. The van der Waals surface area contributed by atoms with Gasteiger partial charge in [0.2, 0.25) is 15.9 Å². The Hall–Kier alpha value is -2.25. The Balaban J connectivity index is 1.65. The molecule has 0 atom stereocenters. The van der Waals surface area contributed by atoms with E-state index in [-0.39, 0.29) is 5.91 Å². The second-order valence-corrected chi connectivity index (χ2v) is 7.93. The first-order valence-corrected chi connectivity index (χ1v) is 9.73. The van der Waals surface area contributed by atoms with E-state index in [1.807, 2.05) is 6.07 Å². The minimum atomic E-state index is -3.51. The third kappa shape index (κ3) is 4.24.